The number of carbonyl (C=O) groups is 2. The van der Waals surface area contributed by atoms with Gasteiger partial charge in [0.05, 0.1) is 6.54 Å². The van der Waals surface area contributed by atoms with E-state index in [0.29, 0.717) is 0 Å². The summed E-state index contributed by atoms with van der Waals surface area (Å²) < 4.78 is 14.7. The summed E-state index contributed by atoms with van der Waals surface area (Å²) in [4.78, 5) is 25.7. The summed E-state index contributed by atoms with van der Waals surface area (Å²) in [5.41, 5.74) is -1.32. The highest BCUT2D eigenvalue weighted by molar-refractivity contribution is 7.97. The highest BCUT2D eigenvalue weighted by Gasteiger charge is 2.27. The molecule has 0 rings (SSSR count). The average molecular weight is 359 g/mol. The molecule has 0 unspecified atom stereocenters. The zero-order chi connectivity index (χ0) is 19.0. The second-order valence-corrected chi connectivity index (χ2v) is 7.43. The lowest BCUT2D eigenvalue weighted by molar-refractivity contribution is 0.0374. The number of hydrogen-bond acceptors (Lipinski definition) is 6. The van der Waals surface area contributed by atoms with Gasteiger partial charge in [0, 0.05) is 6.26 Å². The van der Waals surface area contributed by atoms with Crippen molar-refractivity contribution in [1.82, 2.24) is 10.2 Å². The molecule has 0 aromatic carbocycles. The van der Waals surface area contributed by atoms with E-state index in [1.54, 1.807) is 60.0 Å². The lowest BCUT2D eigenvalue weighted by Gasteiger charge is -2.28. The highest BCUT2D eigenvalue weighted by Crippen LogP contribution is 2.12. The van der Waals surface area contributed by atoms with Crippen molar-refractivity contribution in [2.45, 2.75) is 59.7 Å². The summed E-state index contributed by atoms with van der Waals surface area (Å²) >= 11 is 1.11. The van der Waals surface area contributed by atoms with Crippen molar-refractivity contribution in [3.63, 3.8) is 0 Å². The van der Waals surface area contributed by atoms with Gasteiger partial charge in [-0.15, -0.1) is 0 Å². The number of alkyl carbamates (subject to hydrolysis) is 1. The average Bonchev–Trinajstić information content (AvgIpc) is 2.34. The van der Waals surface area contributed by atoms with Gasteiger partial charge in [-0.05, 0) is 60.4 Å². The van der Waals surface area contributed by atoms with Gasteiger partial charge >= 0.3 is 12.2 Å². The summed E-state index contributed by atoms with van der Waals surface area (Å²) in [6.07, 6.45) is 3.98. The lowest BCUT2D eigenvalue weighted by Crippen LogP contribution is -2.49. The maximum absolute atomic E-state index is 12.4. The lowest BCUT2D eigenvalue weighted by atomic mass is 10.2. The fourth-order valence-corrected chi connectivity index (χ4v) is 1.71. The second-order valence-electron chi connectivity index (χ2n) is 6.88. The van der Waals surface area contributed by atoms with E-state index in [4.69, 9.17) is 9.47 Å². The normalized spacial score (nSPS) is 12.9. The molecule has 0 heterocycles. The fraction of sp³-hybridized carbons (Fsp3) is 0.688. The van der Waals surface area contributed by atoms with Crippen LogP contribution in [0.4, 0.5) is 9.59 Å². The Bertz CT molecular complexity index is 491. The Hall–Kier alpha value is -1.70. The number of nitrogens with zero attached hydrogens (tertiary/aromatic N) is 2. The summed E-state index contributed by atoms with van der Waals surface area (Å²) in [5, 5.41) is 2.51. The summed E-state index contributed by atoms with van der Waals surface area (Å²) in [5.74, 6) is 0.0594. The van der Waals surface area contributed by atoms with E-state index < -0.39 is 23.4 Å². The van der Waals surface area contributed by atoms with Crippen molar-refractivity contribution in [2.24, 2.45) is 4.40 Å². The number of hydrogen-bond donors (Lipinski definition) is 1. The van der Waals surface area contributed by atoms with Gasteiger partial charge in [0.1, 0.15) is 11.2 Å². The first-order valence-corrected chi connectivity index (χ1v) is 8.80. The molecule has 0 aromatic heterocycles. The van der Waals surface area contributed by atoms with Gasteiger partial charge in [-0.1, -0.05) is 12.2 Å². The smallest absolute Gasteiger partial charge is 0.417 e. The Morgan fingerprint density at radius 1 is 1.12 bits per heavy atom. The third-order valence-electron chi connectivity index (χ3n) is 2.18. The number of ether oxygens (including phenoxy) is 2. The molecular weight excluding hydrogens is 330 g/mol. The van der Waals surface area contributed by atoms with E-state index in [9.17, 15) is 9.59 Å². The van der Waals surface area contributed by atoms with Crippen LogP contribution in [0.2, 0.25) is 0 Å². The largest absolute Gasteiger partial charge is 0.444 e. The Balaban J connectivity index is 5.36. The van der Waals surface area contributed by atoms with Crippen molar-refractivity contribution in [3.8, 4) is 0 Å². The molecule has 0 aliphatic carbocycles. The van der Waals surface area contributed by atoms with Crippen molar-refractivity contribution in [2.75, 3.05) is 12.8 Å². The molecule has 0 radical (unpaired) electrons. The molecule has 138 valence electrons. The zero-order valence-electron chi connectivity index (χ0n) is 15.8. The molecule has 0 bridgehead atoms. The van der Waals surface area contributed by atoms with E-state index in [0.717, 1.165) is 11.9 Å². The number of nitrogens with one attached hydrogen (secondary N) is 1. The Morgan fingerprint density at radius 3 is 2.08 bits per heavy atom. The minimum absolute atomic E-state index is 0.0594. The van der Waals surface area contributed by atoms with Gasteiger partial charge in [0.25, 0.3) is 0 Å². The zero-order valence-corrected chi connectivity index (χ0v) is 16.6. The molecule has 0 spiro atoms. The van der Waals surface area contributed by atoms with Gasteiger partial charge in [0.15, 0.2) is 0 Å². The Labute approximate surface area is 149 Å². The van der Waals surface area contributed by atoms with E-state index in [-0.39, 0.29) is 12.5 Å². The third-order valence-corrected chi connectivity index (χ3v) is 2.54. The molecule has 8 heteroatoms. The van der Waals surface area contributed by atoms with Crippen molar-refractivity contribution in [3.05, 3.63) is 12.2 Å². The topological polar surface area (TPSA) is 80.2 Å². The first-order chi connectivity index (χ1) is 10.9. The van der Waals surface area contributed by atoms with Gasteiger partial charge < -0.3 is 9.47 Å². The molecule has 1 N–H and O–H groups in total. The minimum atomic E-state index is -0.690. The predicted molar refractivity (Wildman–Crippen MR) is 98.1 cm³/mol. The molecule has 0 aliphatic rings. The number of guanidine groups is 1. The van der Waals surface area contributed by atoms with Crippen LogP contribution in [0.15, 0.2) is 16.5 Å². The van der Waals surface area contributed by atoms with Crippen molar-refractivity contribution in [1.29, 1.82) is 0 Å². The molecular formula is C16H29N3O4S. The first-order valence-electron chi connectivity index (χ1n) is 7.62. The van der Waals surface area contributed by atoms with Crippen LogP contribution in [-0.4, -0.2) is 47.0 Å². The van der Waals surface area contributed by atoms with Gasteiger partial charge in [-0.3, -0.25) is 5.32 Å². The van der Waals surface area contributed by atoms with E-state index in [1.165, 1.54) is 4.90 Å². The number of carbonyl (C=O) groups excluding carboxylic acids is 2. The predicted octanol–water partition coefficient (Wildman–Crippen LogP) is 3.96. The highest BCUT2D eigenvalue weighted by atomic mass is 32.2. The minimum Gasteiger partial charge on any atom is -0.444 e. The van der Waals surface area contributed by atoms with Crippen LogP contribution in [-0.2, 0) is 9.47 Å². The van der Waals surface area contributed by atoms with Gasteiger partial charge in [0.2, 0.25) is 5.96 Å². The van der Waals surface area contributed by atoms with Crippen LogP contribution in [0.25, 0.3) is 0 Å². The molecule has 0 atom stereocenters. The van der Waals surface area contributed by atoms with Gasteiger partial charge in [-0.25, -0.2) is 14.5 Å². The third kappa shape index (κ3) is 10.1. The quantitative estimate of drug-likeness (QED) is 0.357. The molecule has 0 fully saturated rings. The molecule has 0 aromatic rings. The molecule has 0 saturated carbocycles. The van der Waals surface area contributed by atoms with E-state index in [1.807, 2.05) is 6.92 Å². The molecule has 24 heavy (non-hydrogen) atoms. The number of allylic oxidation sites excluding steroid dienone is 1. The fourth-order valence-electron chi connectivity index (χ4n) is 1.40. The first kappa shape index (κ1) is 22.3. The van der Waals surface area contributed by atoms with Crippen LogP contribution >= 0.6 is 11.9 Å². The summed E-state index contributed by atoms with van der Waals surface area (Å²) in [6, 6.07) is 0. The standard InChI is InChI=1S/C16H29N3O4S/c1-9-10-11-19(14(21)23-16(5,6)7)12(18-24-8)17-13(20)22-15(2,3)4/h9-10H,11H2,1-8H3,(H,17,18,20)/b10-9+. The van der Waals surface area contributed by atoms with Gasteiger partial charge in [-0.2, -0.15) is 4.40 Å². The molecule has 2 amide bonds. The van der Waals surface area contributed by atoms with Crippen LogP contribution in [0.5, 0.6) is 0 Å². The maximum atomic E-state index is 12.4. The van der Waals surface area contributed by atoms with Crippen LogP contribution in [0.3, 0.4) is 0 Å². The maximum Gasteiger partial charge on any atom is 0.417 e. The van der Waals surface area contributed by atoms with Crippen LogP contribution < -0.4 is 5.32 Å². The number of amides is 2. The van der Waals surface area contributed by atoms with E-state index in [2.05, 4.69) is 9.71 Å². The van der Waals surface area contributed by atoms with Crippen LogP contribution in [0, 0.1) is 0 Å². The Kier molecular flexibility index (Phi) is 8.88. The SMILES string of the molecule is C/C=C/CN(C(=O)OC(C)(C)C)C(=NSC)NC(=O)OC(C)(C)C. The molecule has 0 saturated heterocycles. The van der Waals surface area contributed by atoms with E-state index >= 15 is 0 Å². The Morgan fingerprint density at radius 2 is 1.67 bits per heavy atom. The molecule has 7 nitrogen and oxygen atoms in total. The van der Waals surface area contributed by atoms with Crippen molar-refractivity contribution < 1.29 is 19.1 Å². The monoisotopic (exact) mass is 359 g/mol. The van der Waals surface area contributed by atoms with Crippen LogP contribution in [0.1, 0.15) is 48.5 Å². The number of rotatable bonds is 3. The second kappa shape index (κ2) is 9.56. The summed E-state index contributed by atoms with van der Waals surface area (Å²) in [7, 11) is 0. The van der Waals surface area contributed by atoms with Crippen molar-refractivity contribution >= 4 is 30.1 Å². The molecule has 0 aliphatic heterocycles. The summed E-state index contributed by atoms with van der Waals surface area (Å²) in [6.45, 7) is 12.6.